The Bertz CT molecular complexity index is 259. The molecule has 3 N–H and O–H groups in total. The van der Waals surface area contributed by atoms with Crippen LogP contribution in [-0.2, 0) is 4.79 Å². The maximum Gasteiger partial charge on any atom is 0.224 e. The Morgan fingerprint density at radius 1 is 1.33 bits per heavy atom. The van der Waals surface area contributed by atoms with Crippen LogP contribution in [0.3, 0.4) is 0 Å². The number of carbonyl (C=O) groups is 1. The molecule has 0 aromatic carbocycles. The van der Waals surface area contributed by atoms with E-state index >= 15 is 0 Å². The predicted molar refractivity (Wildman–Crippen MR) is 73.2 cm³/mol. The zero-order valence-electron chi connectivity index (χ0n) is 11.8. The number of carbonyl (C=O) groups excluding carboxylic acids is 1. The molecular weight excluding hydrogens is 228 g/mol. The van der Waals surface area contributed by atoms with Crippen LogP contribution < -0.4 is 5.73 Å². The molecule has 0 aromatic rings. The van der Waals surface area contributed by atoms with Crippen molar-refractivity contribution in [2.24, 2.45) is 5.73 Å². The average Bonchev–Trinajstić information content (AvgIpc) is 2.76. The van der Waals surface area contributed by atoms with Crippen LogP contribution in [0.5, 0.6) is 0 Å². The molecular formula is C14H28N2O2. The summed E-state index contributed by atoms with van der Waals surface area (Å²) in [7, 11) is 0. The lowest BCUT2D eigenvalue weighted by Gasteiger charge is -2.33. The predicted octanol–water partition coefficient (Wildman–Crippen LogP) is 1.66. The van der Waals surface area contributed by atoms with Gasteiger partial charge in [0.2, 0.25) is 5.91 Å². The van der Waals surface area contributed by atoms with Crippen LogP contribution in [0.25, 0.3) is 0 Å². The number of amides is 1. The molecule has 0 spiro atoms. The highest BCUT2D eigenvalue weighted by atomic mass is 16.3. The molecule has 1 fully saturated rings. The van der Waals surface area contributed by atoms with Crippen molar-refractivity contribution in [2.75, 3.05) is 13.2 Å². The third kappa shape index (κ3) is 3.95. The number of aliphatic hydroxyl groups excluding tert-OH is 1. The van der Waals surface area contributed by atoms with E-state index in [0.29, 0.717) is 13.0 Å². The van der Waals surface area contributed by atoms with E-state index in [0.717, 1.165) is 38.5 Å². The van der Waals surface area contributed by atoms with Gasteiger partial charge in [0.05, 0.1) is 6.61 Å². The molecule has 0 aliphatic heterocycles. The fraction of sp³-hybridized carbons (Fsp3) is 0.929. The van der Waals surface area contributed by atoms with Gasteiger partial charge in [-0.3, -0.25) is 4.79 Å². The second kappa shape index (κ2) is 7.10. The summed E-state index contributed by atoms with van der Waals surface area (Å²) >= 11 is 0. The summed E-state index contributed by atoms with van der Waals surface area (Å²) in [5.41, 5.74) is 5.97. The summed E-state index contributed by atoms with van der Waals surface area (Å²) in [4.78, 5) is 14.2. The molecule has 0 unspecified atom stereocenters. The summed E-state index contributed by atoms with van der Waals surface area (Å²) in [5, 5.41) is 9.13. The van der Waals surface area contributed by atoms with Crippen molar-refractivity contribution >= 4 is 5.91 Å². The number of hydrogen-bond acceptors (Lipinski definition) is 3. The fourth-order valence-electron chi connectivity index (χ4n) is 3.01. The summed E-state index contributed by atoms with van der Waals surface area (Å²) in [5.74, 6) is 0.113. The van der Waals surface area contributed by atoms with E-state index in [1.54, 1.807) is 0 Å². The highest BCUT2D eigenvalue weighted by molar-refractivity contribution is 5.77. The van der Waals surface area contributed by atoms with Gasteiger partial charge >= 0.3 is 0 Å². The number of hydrogen-bond donors (Lipinski definition) is 2. The molecule has 0 radical (unpaired) electrons. The molecule has 0 heterocycles. The van der Waals surface area contributed by atoms with Crippen molar-refractivity contribution in [1.29, 1.82) is 0 Å². The summed E-state index contributed by atoms with van der Waals surface area (Å²) < 4.78 is 0. The standard InChI is InChI=1S/C14H28N2O2/c1-3-12(4-2)16(9-10-17)13(18)11-14(15)7-5-6-8-14/h12,17H,3-11,15H2,1-2H3. The largest absolute Gasteiger partial charge is 0.395 e. The lowest BCUT2D eigenvalue weighted by molar-refractivity contribution is -0.135. The lowest BCUT2D eigenvalue weighted by atomic mass is 9.93. The number of rotatable bonds is 7. The number of nitrogens with two attached hydrogens (primary N) is 1. The van der Waals surface area contributed by atoms with Gasteiger partial charge < -0.3 is 15.7 Å². The van der Waals surface area contributed by atoms with Crippen LogP contribution in [0.15, 0.2) is 0 Å². The zero-order chi connectivity index (χ0) is 13.6. The smallest absolute Gasteiger partial charge is 0.224 e. The molecule has 4 nitrogen and oxygen atoms in total. The third-order valence-corrected chi connectivity index (χ3v) is 4.15. The Hall–Kier alpha value is -0.610. The van der Waals surface area contributed by atoms with Crippen molar-refractivity contribution in [2.45, 2.75) is 70.4 Å². The summed E-state index contributed by atoms with van der Waals surface area (Å²) in [6.07, 6.45) is 6.47. The Balaban J connectivity index is 2.63. The van der Waals surface area contributed by atoms with E-state index in [2.05, 4.69) is 13.8 Å². The first-order chi connectivity index (χ1) is 8.56. The molecule has 4 heteroatoms. The van der Waals surface area contributed by atoms with E-state index in [-0.39, 0.29) is 24.1 Å². The van der Waals surface area contributed by atoms with Crippen LogP contribution in [0.2, 0.25) is 0 Å². The topological polar surface area (TPSA) is 66.6 Å². The molecule has 0 atom stereocenters. The van der Waals surface area contributed by atoms with Gasteiger partial charge in [-0.1, -0.05) is 26.7 Å². The molecule has 0 aromatic heterocycles. The van der Waals surface area contributed by atoms with Crippen LogP contribution in [0, 0.1) is 0 Å². The van der Waals surface area contributed by atoms with Gasteiger partial charge in [0.15, 0.2) is 0 Å². The first-order valence-electron chi connectivity index (χ1n) is 7.25. The minimum Gasteiger partial charge on any atom is -0.395 e. The van der Waals surface area contributed by atoms with E-state index in [1.165, 1.54) is 0 Å². The average molecular weight is 256 g/mol. The number of aliphatic hydroxyl groups is 1. The molecule has 0 bridgehead atoms. The van der Waals surface area contributed by atoms with Gasteiger partial charge in [-0.15, -0.1) is 0 Å². The second-order valence-electron chi connectivity index (χ2n) is 5.53. The molecule has 0 saturated heterocycles. The highest BCUT2D eigenvalue weighted by Crippen LogP contribution is 2.31. The van der Waals surface area contributed by atoms with Crippen LogP contribution in [0.4, 0.5) is 0 Å². The first kappa shape index (κ1) is 15.4. The maximum absolute atomic E-state index is 12.4. The first-order valence-corrected chi connectivity index (χ1v) is 7.25. The molecule has 1 aliphatic carbocycles. The molecule has 1 saturated carbocycles. The van der Waals surface area contributed by atoms with E-state index < -0.39 is 0 Å². The Labute approximate surface area is 111 Å². The van der Waals surface area contributed by atoms with Gasteiger partial charge in [-0.2, -0.15) is 0 Å². The van der Waals surface area contributed by atoms with E-state index in [1.807, 2.05) is 4.90 Å². The SMILES string of the molecule is CCC(CC)N(CCO)C(=O)CC1(N)CCCC1. The summed E-state index contributed by atoms with van der Waals surface area (Å²) in [6, 6.07) is 0.231. The van der Waals surface area contributed by atoms with Gasteiger partial charge in [0.1, 0.15) is 0 Å². The van der Waals surface area contributed by atoms with Gasteiger partial charge in [0, 0.05) is 24.5 Å². The van der Waals surface area contributed by atoms with Crippen LogP contribution >= 0.6 is 0 Å². The van der Waals surface area contributed by atoms with Crippen molar-refractivity contribution in [3.8, 4) is 0 Å². The normalized spacial score (nSPS) is 18.3. The van der Waals surface area contributed by atoms with E-state index in [4.69, 9.17) is 10.8 Å². The lowest BCUT2D eigenvalue weighted by Crippen LogP contribution is -2.47. The minimum absolute atomic E-state index is 0.0276. The highest BCUT2D eigenvalue weighted by Gasteiger charge is 2.34. The van der Waals surface area contributed by atoms with E-state index in [9.17, 15) is 4.79 Å². The van der Waals surface area contributed by atoms with Crippen molar-refractivity contribution in [1.82, 2.24) is 4.90 Å². The van der Waals surface area contributed by atoms with Crippen LogP contribution in [-0.4, -0.2) is 40.6 Å². The zero-order valence-corrected chi connectivity index (χ0v) is 11.8. The number of nitrogens with zero attached hydrogens (tertiary/aromatic N) is 1. The van der Waals surface area contributed by atoms with Gasteiger partial charge in [-0.25, -0.2) is 0 Å². The monoisotopic (exact) mass is 256 g/mol. The molecule has 106 valence electrons. The van der Waals surface area contributed by atoms with Gasteiger partial charge in [-0.05, 0) is 25.7 Å². The molecule has 1 aliphatic rings. The molecule has 1 rings (SSSR count). The molecule has 18 heavy (non-hydrogen) atoms. The van der Waals surface area contributed by atoms with Crippen molar-refractivity contribution in [3.63, 3.8) is 0 Å². The van der Waals surface area contributed by atoms with Gasteiger partial charge in [0.25, 0.3) is 0 Å². The van der Waals surface area contributed by atoms with Crippen molar-refractivity contribution in [3.05, 3.63) is 0 Å². The second-order valence-corrected chi connectivity index (χ2v) is 5.53. The quantitative estimate of drug-likeness (QED) is 0.728. The fourth-order valence-corrected chi connectivity index (χ4v) is 3.01. The van der Waals surface area contributed by atoms with Crippen LogP contribution in [0.1, 0.15) is 58.8 Å². The maximum atomic E-state index is 12.4. The van der Waals surface area contributed by atoms with Crippen molar-refractivity contribution < 1.29 is 9.90 Å². The Kier molecular flexibility index (Phi) is 6.09. The third-order valence-electron chi connectivity index (χ3n) is 4.15. The minimum atomic E-state index is -0.295. The molecule has 1 amide bonds. The summed E-state index contributed by atoms with van der Waals surface area (Å²) in [6.45, 7) is 4.63. The Morgan fingerprint density at radius 2 is 1.89 bits per heavy atom. The Morgan fingerprint density at radius 3 is 2.33 bits per heavy atom.